The molecule has 1 aliphatic heterocycles. The lowest BCUT2D eigenvalue weighted by Gasteiger charge is -2.45. The lowest BCUT2D eigenvalue weighted by atomic mass is 9.79. The molecule has 0 N–H and O–H groups in total. The van der Waals surface area contributed by atoms with Gasteiger partial charge >= 0.3 is 12.1 Å². The van der Waals surface area contributed by atoms with Crippen LogP contribution in [0.1, 0.15) is 75.1 Å². The number of hydrogen-bond acceptors (Lipinski definition) is 7. The molecule has 0 saturated heterocycles. The number of ether oxygens (including phenoxy) is 1. The molecule has 9 nitrogen and oxygen atoms in total. The molecular weight excluding hydrogens is 632 g/mol. The van der Waals surface area contributed by atoms with Gasteiger partial charge in [-0.15, -0.1) is 5.10 Å². The van der Waals surface area contributed by atoms with E-state index in [4.69, 9.17) is 27.9 Å². The fourth-order valence-electron chi connectivity index (χ4n) is 6.52. The van der Waals surface area contributed by atoms with E-state index in [0.29, 0.717) is 72.0 Å². The second-order valence-corrected chi connectivity index (χ2v) is 12.7. The third-order valence-corrected chi connectivity index (χ3v) is 9.02. The van der Waals surface area contributed by atoms with E-state index in [0.717, 1.165) is 12.1 Å². The number of carbonyl (C=O) groups is 2. The minimum atomic E-state index is -4.59. The number of fused-ring (bicyclic) bond motifs is 1. The van der Waals surface area contributed by atoms with Gasteiger partial charge in [-0.05, 0) is 105 Å². The molecule has 1 fully saturated rings. The van der Waals surface area contributed by atoms with E-state index in [9.17, 15) is 22.8 Å². The predicted octanol–water partition coefficient (Wildman–Crippen LogP) is 7.17. The molecule has 0 bridgehead atoms. The highest BCUT2D eigenvalue weighted by Gasteiger charge is 2.42. The van der Waals surface area contributed by atoms with Gasteiger partial charge in [-0.3, -0.25) is 9.59 Å². The van der Waals surface area contributed by atoms with Crippen LogP contribution in [0, 0.1) is 11.8 Å². The molecule has 1 unspecified atom stereocenters. The first kappa shape index (κ1) is 33.0. The van der Waals surface area contributed by atoms with E-state index in [1.54, 1.807) is 42.0 Å². The monoisotopic (exact) mass is 666 g/mol. The van der Waals surface area contributed by atoms with Gasteiger partial charge in [-0.1, -0.05) is 28.3 Å². The van der Waals surface area contributed by atoms with E-state index in [2.05, 4.69) is 15.4 Å². The molecule has 1 saturated carbocycles. The number of hydrogen-bond donors (Lipinski definition) is 0. The highest BCUT2D eigenvalue weighted by Crippen LogP contribution is 2.46. The van der Waals surface area contributed by atoms with Crippen molar-refractivity contribution in [3.05, 3.63) is 63.1 Å². The number of rotatable bonds is 8. The van der Waals surface area contributed by atoms with Crippen molar-refractivity contribution < 1.29 is 27.5 Å². The summed E-state index contributed by atoms with van der Waals surface area (Å²) in [4.78, 5) is 30.8. The Morgan fingerprint density at radius 2 is 1.76 bits per heavy atom. The predicted molar refractivity (Wildman–Crippen MR) is 164 cm³/mol. The fraction of sp³-hybridized carbons (Fsp3) is 0.516. The van der Waals surface area contributed by atoms with Gasteiger partial charge in [0.15, 0.2) is 0 Å². The minimum absolute atomic E-state index is 0.123. The van der Waals surface area contributed by atoms with Gasteiger partial charge in [0, 0.05) is 40.7 Å². The van der Waals surface area contributed by atoms with E-state index in [-0.39, 0.29) is 42.2 Å². The van der Waals surface area contributed by atoms with Crippen molar-refractivity contribution in [1.29, 1.82) is 0 Å². The Morgan fingerprint density at radius 1 is 1.07 bits per heavy atom. The number of halogens is 5. The molecule has 14 heteroatoms. The van der Waals surface area contributed by atoms with Crippen LogP contribution in [0.4, 0.5) is 24.8 Å². The number of carbonyl (C=O) groups excluding carboxylic acids is 2. The molecular formula is C31H35Cl2F3N6O3. The summed E-state index contributed by atoms with van der Waals surface area (Å²) < 4.78 is 47.2. The van der Waals surface area contributed by atoms with Gasteiger partial charge in [0.1, 0.15) is 0 Å². The van der Waals surface area contributed by atoms with Gasteiger partial charge in [-0.25, -0.2) is 0 Å². The zero-order chi connectivity index (χ0) is 32.5. The van der Waals surface area contributed by atoms with Crippen LogP contribution < -0.4 is 9.80 Å². The van der Waals surface area contributed by atoms with Crippen LogP contribution in [0.2, 0.25) is 10.0 Å². The Hall–Kier alpha value is -3.38. The highest BCUT2D eigenvalue weighted by atomic mass is 35.5. The molecule has 2 aromatic carbocycles. The molecule has 1 aliphatic carbocycles. The topological polar surface area (TPSA) is 93.5 Å². The van der Waals surface area contributed by atoms with Gasteiger partial charge in [0.05, 0.1) is 25.3 Å². The largest absolute Gasteiger partial charge is 0.466 e. The number of tetrazole rings is 1. The fourth-order valence-corrected chi connectivity index (χ4v) is 7.09. The lowest BCUT2D eigenvalue weighted by Crippen LogP contribution is -2.49. The third kappa shape index (κ3) is 7.54. The normalized spacial score (nSPS) is 21.7. The number of benzene rings is 2. The van der Waals surface area contributed by atoms with Crippen molar-refractivity contribution in [3.63, 3.8) is 0 Å². The lowest BCUT2D eigenvalue weighted by molar-refractivity contribution is -0.144. The molecule has 2 heterocycles. The van der Waals surface area contributed by atoms with Crippen LogP contribution in [0.25, 0.3) is 0 Å². The molecule has 45 heavy (non-hydrogen) atoms. The molecule has 1 amide bonds. The Morgan fingerprint density at radius 3 is 2.36 bits per heavy atom. The van der Waals surface area contributed by atoms with Crippen molar-refractivity contribution in [1.82, 2.24) is 20.2 Å². The first-order valence-corrected chi connectivity index (χ1v) is 15.7. The third-order valence-electron chi connectivity index (χ3n) is 8.58. The van der Waals surface area contributed by atoms with E-state index >= 15 is 0 Å². The second-order valence-electron chi connectivity index (χ2n) is 11.8. The molecule has 0 spiro atoms. The van der Waals surface area contributed by atoms with Crippen molar-refractivity contribution in [2.75, 3.05) is 16.4 Å². The summed E-state index contributed by atoms with van der Waals surface area (Å²) in [6.45, 7) is 4.17. The number of aromatic nitrogens is 4. The smallest absolute Gasteiger partial charge is 0.416 e. The van der Waals surface area contributed by atoms with Crippen LogP contribution in [0.15, 0.2) is 36.4 Å². The van der Waals surface area contributed by atoms with Crippen molar-refractivity contribution >= 4 is 46.7 Å². The molecule has 2 atom stereocenters. The highest BCUT2D eigenvalue weighted by molar-refractivity contribution is 6.34. The number of nitrogens with zero attached hydrogens (tertiary/aromatic N) is 6. The van der Waals surface area contributed by atoms with Gasteiger partial charge in [0.25, 0.3) is 5.95 Å². The Labute approximate surface area is 269 Å². The van der Waals surface area contributed by atoms with Crippen LogP contribution in [-0.4, -0.2) is 44.7 Å². The number of anilines is 2. The number of esters is 1. The molecule has 1 aromatic heterocycles. The zero-order valence-electron chi connectivity index (χ0n) is 25.2. The van der Waals surface area contributed by atoms with E-state index in [1.807, 2.05) is 6.92 Å². The summed E-state index contributed by atoms with van der Waals surface area (Å²) >= 11 is 12.6. The maximum atomic E-state index is 14.1. The van der Waals surface area contributed by atoms with E-state index < -0.39 is 17.8 Å². The average Bonchev–Trinajstić information content (AvgIpc) is 3.40. The van der Waals surface area contributed by atoms with Crippen LogP contribution in [0.5, 0.6) is 0 Å². The molecule has 2 aliphatic rings. The standard InChI is InChI=1S/C31H35Cl2F3N6O3/c1-4-45-28(43)14-19-5-7-21(8-6-19)29(44)42-18(2)11-27(25-15-22(31(34,35)36)9-10-26(25)42)41(30-37-39-40(3)38-30)17-20-12-23(32)16-24(33)13-20/h9-10,12-13,15-16,18-19,21,27H,4-8,11,14,17H2,1-3H3/t18-,19?,21?,27?/m1/s1. The maximum absolute atomic E-state index is 14.1. The quantitative estimate of drug-likeness (QED) is 0.235. The maximum Gasteiger partial charge on any atom is 0.416 e. The van der Waals surface area contributed by atoms with Crippen LogP contribution >= 0.6 is 23.2 Å². The summed E-state index contributed by atoms with van der Waals surface area (Å²) in [5.74, 6) is -0.300. The first-order valence-electron chi connectivity index (χ1n) is 15.0. The Kier molecular flexibility index (Phi) is 9.93. The van der Waals surface area contributed by atoms with Crippen molar-refractivity contribution in [3.8, 4) is 0 Å². The second kappa shape index (κ2) is 13.5. The summed E-state index contributed by atoms with van der Waals surface area (Å²) in [6, 6.07) is 7.59. The summed E-state index contributed by atoms with van der Waals surface area (Å²) in [5.41, 5.74) is 0.654. The summed E-state index contributed by atoms with van der Waals surface area (Å²) in [5, 5.41) is 13.4. The molecule has 242 valence electrons. The Bertz CT molecular complexity index is 1520. The van der Waals surface area contributed by atoms with Gasteiger partial charge in [-0.2, -0.15) is 18.0 Å². The summed E-state index contributed by atoms with van der Waals surface area (Å²) in [6.07, 6.45) is -1.37. The number of amides is 1. The molecule has 5 rings (SSSR count). The van der Waals surface area contributed by atoms with Crippen LogP contribution in [-0.2, 0) is 34.1 Å². The van der Waals surface area contributed by atoms with Crippen molar-refractivity contribution in [2.45, 2.75) is 77.2 Å². The zero-order valence-corrected chi connectivity index (χ0v) is 26.7. The molecule has 0 radical (unpaired) electrons. The van der Waals surface area contributed by atoms with E-state index in [1.165, 1.54) is 10.9 Å². The minimum Gasteiger partial charge on any atom is -0.466 e. The summed E-state index contributed by atoms with van der Waals surface area (Å²) in [7, 11) is 1.60. The number of aryl methyl sites for hydroxylation is 1. The first-order chi connectivity index (χ1) is 21.3. The Balaban J connectivity index is 1.49. The number of alkyl halides is 3. The molecule has 3 aromatic rings. The SMILES string of the molecule is CCOC(=O)CC1CCC(C(=O)N2c3ccc(C(F)(F)F)cc3C(N(Cc3cc(Cl)cc(Cl)c3)c3nnn(C)n3)C[C@H]2C)CC1. The van der Waals surface area contributed by atoms with Gasteiger partial charge < -0.3 is 14.5 Å². The average molecular weight is 668 g/mol. The van der Waals surface area contributed by atoms with Crippen LogP contribution in [0.3, 0.4) is 0 Å². The van der Waals surface area contributed by atoms with Crippen molar-refractivity contribution in [2.24, 2.45) is 18.9 Å². The van der Waals surface area contributed by atoms with Gasteiger partial charge in [0.2, 0.25) is 5.91 Å².